The number of carbonyl (C=O) groups is 1. The van der Waals surface area contributed by atoms with Gasteiger partial charge in [0.15, 0.2) is 11.5 Å². The van der Waals surface area contributed by atoms with Gasteiger partial charge in [-0.25, -0.2) is 4.79 Å². The molecule has 2 aromatic rings. The highest BCUT2D eigenvalue weighted by atomic mass is 16.7. The molecule has 194 valence electrons. The van der Waals surface area contributed by atoms with Gasteiger partial charge in [-0.3, -0.25) is 9.80 Å². The summed E-state index contributed by atoms with van der Waals surface area (Å²) in [7, 11) is 0. The van der Waals surface area contributed by atoms with Crippen LogP contribution in [0.15, 0.2) is 30.3 Å². The molecular formula is C27H37N5O4. The lowest BCUT2D eigenvalue weighted by atomic mass is 10.0. The van der Waals surface area contributed by atoms with Crippen LogP contribution in [0, 0.1) is 0 Å². The molecule has 1 aromatic carbocycles. The number of piperidine rings is 1. The molecule has 0 radical (unpaired) electrons. The minimum absolute atomic E-state index is 0.186. The SMILES string of the molecule is CC(C)(C)OC(=O)N1CCC(N2CCN(Cc3ccc(Cc4ccc5c(c4)OCO5)nn3)CC2)CC1. The number of fused-ring (bicyclic) bond motifs is 1. The molecule has 1 amide bonds. The average Bonchev–Trinajstić information content (AvgIpc) is 3.33. The normalized spacial score (nSPS) is 19.5. The molecule has 0 aliphatic carbocycles. The minimum Gasteiger partial charge on any atom is -0.454 e. The Kier molecular flexibility index (Phi) is 7.29. The largest absolute Gasteiger partial charge is 0.454 e. The molecule has 36 heavy (non-hydrogen) atoms. The number of amides is 1. The number of rotatable bonds is 5. The van der Waals surface area contributed by atoms with Crippen molar-refractivity contribution in [1.29, 1.82) is 0 Å². The summed E-state index contributed by atoms with van der Waals surface area (Å²) in [6, 6.07) is 10.7. The lowest BCUT2D eigenvalue weighted by molar-refractivity contribution is 0.00963. The second-order valence-electron chi connectivity index (χ2n) is 10.9. The van der Waals surface area contributed by atoms with Crippen LogP contribution in [0.25, 0.3) is 0 Å². The average molecular weight is 496 g/mol. The zero-order valence-electron chi connectivity index (χ0n) is 21.6. The van der Waals surface area contributed by atoms with Crippen LogP contribution < -0.4 is 9.47 Å². The fraction of sp³-hybridized carbons (Fsp3) is 0.593. The molecule has 2 saturated heterocycles. The van der Waals surface area contributed by atoms with Crippen LogP contribution in [0.1, 0.15) is 50.6 Å². The van der Waals surface area contributed by atoms with Gasteiger partial charge in [0, 0.05) is 58.3 Å². The first-order valence-corrected chi connectivity index (χ1v) is 13.0. The van der Waals surface area contributed by atoms with Crippen LogP contribution in [0.2, 0.25) is 0 Å². The maximum Gasteiger partial charge on any atom is 0.410 e. The van der Waals surface area contributed by atoms with Crippen LogP contribution in [0.4, 0.5) is 4.79 Å². The van der Waals surface area contributed by atoms with Gasteiger partial charge in [0.2, 0.25) is 6.79 Å². The zero-order chi connectivity index (χ0) is 25.1. The summed E-state index contributed by atoms with van der Waals surface area (Å²) in [4.78, 5) is 19.2. The summed E-state index contributed by atoms with van der Waals surface area (Å²) < 4.78 is 16.4. The molecule has 1 aromatic heterocycles. The van der Waals surface area contributed by atoms with Crippen molar-refractivity contribution in [2.24, 2.45) is 0 Å². The maximum absolute atomic E-state index is 12.3. The monoisotopic (exact) mass is 495 g/mol. The van der Waals surface area contributed by atoms with Gasteiger partial charge in [0.05, 0.1) is 11.4 Å². The van der Waals surface area contributed by atoms with Gasteiger partial charge in [-0.2, -0.15) is 10.2 Å². The van der Waals surface area contributed by atoms with Crippen LogP contribution in [0.5, 0.6) is 11.5 Å². The maximum atomic E-state index is 12.3. The van der Waals surface area contributed by atoms with E-state index in [1.165, 1.54) is 0 Å². The summed E-state index contributed by atoms with van der Waals surface area (Å²) in [5, 5.41) is 8.95. The lowest BCUT2D eigenvalue weighted by Gasteiger charge is -2.42. The molecule has 3 aliphatic heterocycles. The van der Waals surface area contributed by atoms with Gasteiger partial charge in [-0.1, -0.05) is 6.07 Å². The van der Waals surface area contributed by atoms with Crippen LogP contribution in [-0.4, -0.2) is 88.7 Å². The molecule has 4 heterocycles. The molecule has 0 unspecified atom stereocenters. The topological polar surface area (TPSA) is 80.3 Å². The van der Waals surface area contributed by atoms with Crippen molar-refractivity contribution in [1.82, 2.24) is 24.9 Å². The van der Waals surface area contributed by atoms with E-state index in [0.717, 1.165) is 93.5 Å². The minimum atomic E-state index is -0.442. The Hall–Kier alpha value is -2.91. The summed E-state index contributed by atoms with van der Waals surface area (Å²) in [5.74, 6) is 1.59. The molecule has 0 bridgehead atoms. The zero-order valence-corrected chi connectivity index (χ0v) is 21.6. The molecule has 9 nitrogen and oxygen atoms in total. The fourth-order valence-electron chi connectivity index (χ4n) is 5.08. The van der Waals surface area contributed by atoms with Crippen molar-refractivity contribution < 1.29 is 19.0 Å². The highest BCUT2D eigenvalue weighted by molar-refractivity contribution is 5.68. The Bertz CT molecular complexity index is 1040. The molecule has 0 N–H and O–H groups in total. The van der Waals surface area contributed by atoms with Crippen molar-refractivity contribution in [2.75, 3.05) is 46.1 Å². The van der Waals surface area contributed by atoms with Gasteiger partial charge < -0.3 is 19.1 Å². The highest BCUT2D eigenvalue weighted by Gasteiger charge is 2.31. The Labute approximate surface area is 213 Å². The number of hydrogen-bond acceptors (Lipinski definition) is 8. The summed E-state index contributed by atoms with van der Waals surface area (Å²) in [6.07, 6.45) is 2.55. The highest BCUT2D eigenvalue weighted by Crippen LogP contribution is 2.33. The van der Waals surface area contributed by atoms with Crippen molar-refractivity contribution in [3.8, 4) is 11.5 Å². The smallest absolute Gasteiger partial charge is 0.410 e. The third-order valence-corrected chi connectivity index (χ3v) is 7.02. The standard InChI is InChI=1S/C27H37N5O4/c1-27(2,3)36-26(33)32-10-8-23(9-11-32)31-14-12-30(13-15-31)18-22-6-5-21(28-29-22)16-20-4-7-24-25(17-20)35-19-34-24/h4-7,17,23H,8-16,18-19H2,1-3H3. The number of nitrogens with zero attached hydrogens (tertiary/aromatic N) is 5. The van der Waals surface area contributed by atoms with E-state index in [2.05, 4.69) is 32.1 Å². The molecular weight excluding hydrogens is 458 g/mol. The van der Waals surface area contributed by atoms with Crippen molar-refractivity contribution >= 4 is 6.09 Å². The summed E-state index contributed by atoms with van der Waals surface area (Å²) in [6.45, 7) is 12.5. The van der Waals surface area contributed by atoms with Gasteiger partial charge >= 0.3 is 6.09 Å². The molecule has 0 saturated carbocycles. The Morgan fingerprint density at radius 2 is 1.64 bits per heavy atom. The Morgan fingerprint density at radius 1 is 0.944 bits per heavy atom. The van der Waals surface area contributed by atoms with Crippen molar-refractivity contribution in [3.05, 3.63) is 47.3 Å². The van der Waals surface area contributed by atoms with Gasteiger partial charge in [0.1, 0.15) is 5.60 Å². The van der Waals surface area contributed by atoms with E-state index in [0.29, 0.717) is 6.04 Å². The first-order chi connectivity index (χ1) is 17.3. The summed E-state index contributed by atoms with van der Waals surface area (Å²) in [5.41, 5.74) is 2.64. The number of hydrogen-bond donors (Lipinski definition) is 0. The van der Waals surface area contributed by atoms with Crippen LogP contribution in [-0.2, 0) is 17.7 Å². The number of ether oxygens (including phenoxy) is 3. The van der Waals surface area contributed by atoms with E-state index in [9.17, 15) is 4.79 Å². The predicted octanol–water partition coefficient (Wildman–Crippen LogP) is 3.31. The van der Waals surface area contributed by atoms with Gasteiger partial charge in [0.25, 0.3) is 0 Å². The van der Waals surface area contributed by atoms with Crippen molar-refractivity contribution in [2.45, 2.75) is 58.2 Å². The second-order valence-corrected chi connectivity index (χ2v) is 10.9. The molecule has 9 heteroatoms. The number of likely N-dealkylation sites (tertiary alicyclic amines) is 1. The Balaban J connectivity index is 1.05. The Morgan fingerprint density at radius 3 is 2.33 bits per heavy atom. The van der Waals surface area contributed by atoms with Crippen molar-refractivity contribution in [3.63, 3.8) is 0 Å². The van der Waals surface area contributed by atoms with Crippen LogP contribution in [0.3, 0.4) is 0 Å². The molecule has 5 rings (SSSR count). The van der Waals surface area contributed by atoms with E-state index in [1.54, 1.807) is 0 Å². The molecule has 3 aliphatic rings. The van der Waals surface area contributed by atoms with E-state index in [4.69, 9.17) is 14.2 Å². The number of benzene rings is 1. The molecule has 2 fully saturated rings. The molecule has 0 spiro atoms. The first-order valence-electron chi connectivity index (χ1n) is 13.0. The van der Waals surface area contributed by atoms with Gasteiger partial charge in [-0.05, 0) is 63.4 Å². The van der Waals surface area contributed by atoms with Gasteiger partial charge in [-0.15, -0.1) is 0 Å². The first kappa shape index (κ1) is 24.8. The number of carbonyl (C=O) groups excluding carboxylic acids is 1. The second kappa shape index (κ2) is 10.6. The number of aromatic nitrogens is 2. The summed E-state index contributed by atoms with van der Waals surface area (Å²) >= 11 is 0. The lowest BCUT2D eigenvalue weighted by Crippen LogP contribution is -2.53. The fourth-order valence-corrected chi connectivity index (χ4v) is 5.08. The van der Waals surface area contributed by atoms with E-state index >= 15 is 0 Å². The third kappa shape index (κ3) is 6.25. The predicted molar refractivity (Wildman–Crippen MR) is 135 cm³/mol. The number of piperazine rings is 1. The molecule has 0 atom stereocenters. The quantitative estimate of drug-likeness (QED) is 0.625. The van der Waals surface area contributed by atoms with E-state index in [1.807, 2.05) is 43.9 Å². The van der Waals surface area contributed by atoms with E-state index < -0.39 is 5.60 Å². The third-order valence-electron chi connectivity index (χ3n) is 7.02. The van der Waals surface area contributed by atoms with E-state index in [-0.39, 0.29) is 12.9 Å². The van der Waals surface area contributed by atoms with Crippen LogP contribution >= 0.6 is 0 Å².